The number of amides is 1. The van der Waals surface area contributed by atoms with Gasteiger partial charge in [0.05, 0.1) is 7.11 Å². The zero-order chi connectivity index (χ0) is 15.2. The smallest absolute Gasteiger partial charge is 0.217 e. The summed E-state index contributed by atoms with van der Waals surface area (Å²) < 4.78 is 5.29. The molecule has 1 unspecified atom stereocenters. The van der Waals surface area contributed by atoms with Gasteiger partial charge in [-0.2, -0.15) is 0 Å². The van der Waals surface area contributed by atoms with Gasteiger partial charge in [0.2, 0.25) is 5.91 Å². The maximum Gasteiger partial charge on any atom is 0.217 e. The molecule has 5 nitrogen and oxygen atoms in total. The second kappa shape index (κ2) is 7.43. The molecule has 1 aromatic carbocycles. The maximum atomic E-state index is 11.0. The zero-order valence-corrected chi connectivity index (χ0v) is 12.6. The third-order valence-electron chi connectivity index (χ3n) is 4.28. The molecule has 1 heterocycles. The van der Waals surface area contributed by atoms with Gasteiger partial charge in [-0.15, -0.1) is 0 Å². The Hall–Kier alpha value is -1.59. The van der Waals surface area contributed by atoms with Crippen molar-refractivity contribution in [2.75, 3.05) is 26.7 Å². The first-order valence-corrected chi connectivity index (χ1v) is 7.50. The van der Waals surface area contributed by atoms with Crippen LogP contribution in [0.15, 0.2) is 24.3 Å². The first kappa shape index (κ1) is 15.8. The van der Waals surface area contributed by atoms with Gasteiger partial charge >= 0.3 is 0 Å². The highest BCUT2D eigenvalue weighted by molar-refractivity contribution is 5.73. The van der Waals surface area contributed by atoms with Crippen molar-refractivity contribution in [3.63, 3.8) is 0 Å². The largest absolute Gasteiger partial charge is 0.497 e. The van der Waals surface area contributed by atoms with Crippen molar-refractivity contribution in [1.82, 2.24) is 4.90 Å². The molecule has 0 saturated carbocycles. The first-order chi connectivity index (χ1) is 10.1. The number of hydrogen-bond donors (Lipinski definition) is 2. The van der Waals surface area contributed by atoms with Gasteiger partial charge in [-0.3, -0.25) is 9.69 Å². The van der Waals surface area contributed by atoms with E-state index in [0.717, 1.165) is 31.7 Å². The predicted molar refractivity (Wildman–Crippen MR) is 82.9 cm³/mol. The van der Waals surface area contributed by atoms with Gasteiger partial charge < -0.3 is 16.2 Å². The summed E-state index contributed by atoms with van der Waals surface area (Å²) in [6, 6.07) is 8.28. The number of benzene rings is 1. The molecule has 2 rings (SSSR count). The topological polar surface area (TPSA) is 81.6 Å². The number of carbonyl (C=O) groups is 1. The van der Waals surface area contributed by atoms with E-state index in [1.54, 1.807) is 7.11 Å². The van der Waals surface area contributed by atoms with Crippen LogP contribution in [0.5, 0.6) is 5.75 Å². The second-order valence-electron chi connectivity index (χ2n) is 5.68. The van der Waals surface area contributed by atoms with Crippen LogP contribution in [0.25, 0.3) is 0 Å². The van der Waals surface area contributed by atoms with Crippen molar-refractivity contribution in [2.24, 2.45) is 17.4 Å². The molecule has 0 radical (unpaired) electrons. The van der Waals surface area contributed by atoms with E-state index in [1.165, 1.54) is 5.56 Å². The van der Waals surface area contributed by atoms with Crippen LogP contribution in [-0.4, -0.2) is 37.6 Å². The van der Waals surface area contributed by atoms with E-state index in [2.05, 4.69) is 11.0 Å². The number of primary amides is 1. The van der Waals surface area contributed by atoms with Crippen molar-refractivity contribution in [3.8, 4) is 5.75 Å². The Morgan fingerprint density at radius 1 is 1.43 bits per heavy atom. The minimum atomic E-state index is -0.198. The molecule has 1 aliphatic heterocycles. The van der Waals surface area contributed by atoms with E-state index in [1.807, 2.05) is 18.2 Å². The zero-order valence-electron chi connectivity index (χ0n) is 12.6. The van der Waals surface area contributed by atoms with Crippen molar-refractivity contribution >= 4 is 5.91 Å². The predicted octanol–water partition coefficient (Wildman–Crippen LogP) is 1.28. The standard InChI is InChI=1S/C16H25N3O2/c1-21-14-4-2-3-13(10-14)15(11-17)19-7-5-12(6-8-19)9-16(18)20/h2-4,10,12,15H,5-9,11,17H2,1H3,(H2,18,20). The lowest BCUT2D eigenvalue weighted by molar-refractivity contribution is -0.119. The van der Waals surface area contributed by atoms with Crippen LogP contribution in [0.4, 0.5) is 0 Å². The van der Waals surface area contributed by atoms with Crippen LogP contribution in [-0.2, 0) is 4.79 Å². The highest BCUT2D eigenvalue weighted by Gasteiger charge is 2.26. The van der Waals surface area contributed by atoms with Crippen LogP contribution in [0.2, 0.25) is 0 Å². The maximum absolute atomic E-state index is 11.0. The van der Waals surface area contributed by atoms with Crippen molar-refractivity contribution < 1.29 is 9.53 Å². The molecule has 1 aromatic rings. The molecule has 0 aliphatic carbocycles. The highest BCUT2D eigenvalue weighted by Crippen LogP contribution is 2.29. The number of hydrogen-bond acceptors (Lipinski definition) is 4. The third kappa shape index (κ3) is 4.19. The molecule has 1 amide bonds. The molecule has 0 aromatic heterocycles. The first-order valence-electron chi connectivity index (χ1n) is 7.50. The second-order valence-corrected chi connectivity index (χ2v) is 5.68. The SMILES string of the molecule is COc1cccc(C(CN)N2CCC(CC(N)=O)CC2)c1. The van der Waals surface area contributed by atoms with E-state index >= 15 is 0 Å². The average molecular weight is 291 g/mol. The summed E-state index contributed by atoms with van der Waals surface area (Å²) >= 11 is 0. The minimum Gasteiger partial charge on any atom is -0.497 e. The lowest BCUT2D eigenvalue weighted by Crippen LogP contribution is -2.40. The van der Waals surface area contributed by atoms with Crippen LogP contribution >= 0.6 is 0 Å². The number of nitrogens with zero attached hydrogens (tertiary/aromatic N) is 1. The van der Waals surface area contributed by atoms with Crippen molar-refractivity contribution in [1.29, 1.82) is 0 Å². The number of ether oxygens (including phenoxy) is 1. The molecular weight excluding hydrogens is 266 g/mol. The van der Waals surface area contributed by atoms with Gasteiger partial charge in [0.15, 0.2) is 0 Å². The Morgan fingerprint density at radius 3 is 2.71 bits per heavy atom. The fraction of sp³-hybridized carbons (Fsp3) is 0.562. The molecule has 1 aliphatic rings. The Labute approximate surface area is 126 Å². The van der Waals surface area contributed by atoms with E-state index in [-0.39, 0.29) is 11.9 Å². The number of nitrogens with two attached hydrogens (primary N) is 2. The summed E-state index contributed by atoms with van der Waals surface area (Å²) in [5.74, 6) is 1.08. The molecule has 0 bridgehead atoms. The van der Waals surface area contributed by atoms with E-state index < -0.39 is 0 Å². The molecule has 1 atom stereocenters. The summed E-state index contributed by atoms with van der Waals surface area (Å²) in [5, 5.41) is 0. The molecular formula is C16H25N3O2. The van der Waals surface area contributed by atoms with E-state index in [0.29, 0.717) is 18.9 Å². The normalized spacial score (nSPS) is 18.4. The molecule has 116 valence electrons. The number of piperidine rings is 1. The molecule has 1 saturated heterocycles. The number of likely N-dealkylation sites (tertiary alicyclic amines) is 1. The van der Waals surface area contributed by atoms with Crippen LogP contribution in [0, 0.1) is 5.92 Å². The van der Waals surface area contributed by atoms with Crippen LogP contribution in [0.1, 0.15) is 30.9 Å². The van der Waals surface area contributed by atoms with Crippen LogP contribution < -0.4 is 16.2 Å². The molecule has 4 N–H and O–H groups in total. The number of rotatable bonds is 6. The minimum absolute atomic E-state index is 0.198. The Bertz CT molecular complexity index is 470. The van der Waals surface area contributed by atoms with E-state index in [4.69, 9.17) is 16.2 Å². The van der Waals surface area contributed by atoms with Crippen LogP contribution in [0.3, 0.4) is 0 Å². The summed E-state index contributed by atoms with van der Waals surface area (Å²) in [6.07, 6.45) is 2.51. The summed E-state index contributed by atoms with van der Waals surface area (Å²) in [5.41, 5.74) is 12.5. The fourth-order valence-corrected chi connectivity index (χ4v) is 3.10. The molecule has 5 heteroatoms. The van der Waals surface area contributed by atoms with Gasteiger partial charge in [-0.25, -0.2) is 0 Å². The quantitative estimate of drug-likeness (QED) is 0.827. The Morgan fingerprint density at radius 2 is 2.14 bits per heavy atom. The van der Waals surface area contributed by atoms with Gasteiger partial charge in [0.1, 0.15) is 5.75 Å². The summed E-state index contributed by atoms with van der Waals surface area (Å²) in [4.78, 5) is 13.4. The lowest BCUT2D eigenvalue weighted by atomic mass is 9.91. The van der Waals surface area contributed by atoms with Gasteiger partial charge in [-0.05, 0) is 49.5 Å². The van der Waals surface area contributed by atoms with Gasteiger partial charge in [0, 0.05) is 19.0 Å². The van der Waals surface area contributed by atoms with Crippen molar-refractivity contribution in [3.05, 3.63) is 29.8 Å². The Balaban J connectivity index is 2.00. The monoisotopic (exact) mass is 291 g/mol. The molecule has 21 heavy (non-hydrogen) atoms. The van der Waals surface area contributed by atoms with E-state index in [9.17, 15) is 4.79 Å². The average Bonchev–Trinajstić information content (AvgIpc) is 2.49. The Kier molecular flexibility index (Phi) is 5.59. The van der Waals surface area contributed by atoms with Crippen molar-refractivity contribution in [2.45, 2.75) is 25.3 Å². The summed E-state index contributed by atoms with van der Waals surface area (Å²) in [7, 11) is 1.67. The molecule has 1 fully saturated rings. The molecule has 0 spiro atoms. The highest BCUT2D eigenvalue weighted by atomic mass is 16.5. The third-order valence-corrected chi connectivity index (χ3v) is 4.28. The van der Waals surface area contributed by atoms with Gasteiger partial charge in [0.25, 0.3) is 0 Å². The number of methoxy groups -OCH3 is 1. The fourth-order valence-electron chi connectivity index (χ4n) is 3.10. The number of carbonyl (C=O) groups excluding carboxylic acids is 1. The lowest BCUT2D eigenvalue weighted by Gasteiger charge is -2.37. The summed E-state index contributed by atoms with van der Waals surface area (Å²) in [6.45, 7) is 2.49. The van der Waals surface area contributed by atoms with Gasteiger partial charge in [-0.1, -0.05) is 12.1 Å².